The molecule has 1 aliphatic heterocycles. The van der Waals surface area contributed by atoms with Gasteiger partial charge in [-0.25, -0.2) is 24.1 Å². The summed E-state index contributed by atoms with van der Waals surface area (Å²) in [6, 6.07) is 9.74. The van der Waals surface area contributed by atoms with Gasteiger partial charge in [0, 0.05) is 24.5 Å². The minimum atomic E-state index is -0.527. The smallest absolute Gasteiger partial charge is 0.407 e. The first kappa shape index (κ1) is 31.7. The number of aryl methyl sites for hydroxylation is 1. The average Bonchev–Trinajstić information content (AvgIpc) is 2.96. The van der Waals surface area contributed by atoms with Crippen LogP contribution in [0.15, 0.2) is 63.5 Å². The molecule has 1 saturated heterocycles. The average molecular weight is 639 g/mol. The van der Waals surface area contributed by atoms with Crippen molar-refractivity contribution in [3.63, 3.8) is 0 Å². The van der Waals surface area contributed by atoms with Crippen molar-refractivity contribution in [3.05, 3.63) is 81.4 Å². The Morgan fingerprint density at radius 3 is 2.57 bits per heavy atom. The van der Waals surface area contributed by atoms with Gasteiger partial charge < -0.3 is 15.0 Å². The van der Waals surface area contributed by atoms with Crippen LogP contribution < -0.4 is 15.8 Å². The highest BCUT2D eigenvalue weighted by atomic mass is 35.5. The number of nitrogens with zero attached hydrogens (tertiary/aromatic N) is 5. The third kappa shape index (κ3) is 7.50. The molecule has 0 radical (unpaired) electrons. The first-order valence-corrected chi connectivity index (χ1v) is 15.7. The van der Waals surface area contributed by atoms with Gasteiger partial charge in [0.25, 0.3) is 5.56 Å². The number of carbonyl (C=O) groups is 1. The lowest BCUT2D eigenvalue weighted by atomic mass is 9.80. The van der Waals surface area contributed by atoms with Gasteiger partial charge in [0.05, 0.1) is 34.9 Å². The van der Waals surface area contributed by atoms with Crippen molar-refractivity contribution in [3.8, 4) is 0 Å². The number of hydrogen-bond acceptors (Lipinski definition) is 8. The molecule has 0 bridgehead atoms. The minimum absolute atomic E-state index is 0.0350. The molecule has 0 atom stereocenters. The van der Waals surface area contributed by atoms with Gasteiger partial charge in [-0.1, -0.05) is 42.4 Å². The molecule has 9 nitrogen and oxygen atoms in total. The zero-order valence-corrected chi connectivity index (χ0v) is 27.1. The fourth-order valence-electron chi connectivity index (χ4n) is 5.13. The summed E-state index contributed by atoms with van der Waals surface area (Å²) in [5.41, 5.74) is 0.304. The van der Waals surface area contributed by atoms with Crippen molar-refractivity contribution in [2.45, 2.75) is 69.5 Å². The number of alkyl carbamates (subject to hydrolysis) is 1. The van der Waals surface area contributed by atoms with Crippen LogP contribution >= 0.6 is 23.4 Å². The Kier molecular flexibility index (Phi) is 9.17. The minimum Gasteiger partial charge on any atom is -0.444 e. The number of benzene rings is 2. The lowest BCUT2D eigenvalue weighted by Gasteiger charge is -2.40. The second-order valence-electron chi connectivity index (χ2n) is 12.4. The van der Waals surface area contributed by atoms with E-state index in [4.69, 9.17) is 16.3 Å². The summed E-state index contributed by atoms with van der Waals surface area (Å²) in [6.07, 6.45) is 4.83. The number of piperidine rings is 1. The number of ether oxygens (including phenoxy) is 1. The van der Waals surface area contributed by atoms with E-state index in [0.717, 1.165) is 31.7 Å². The van der Waals surface area contributed by atoms with E-state index in [1.807, 2.05) is 26.8 Å². The molecule has 0 spiro atoms. The molecule has 4 aromatic rings. The Bertz CT molecular complexity index is 1730. The SMILES string of the molecule is Cc1nc2ccc(Sc3cnc(N4CCC(C)(CNC(=O)OC(C)(C)C)CC4)cn3)c(Cl)c2c(=O)n1Cc1cccc(F)c1. The number of rotatable bonds is 7. The van der Waals surface area contributed by atoms with Crippen LogP contribution in [0.5, 0.6) is 0 Å². The predicted molar refractivity (Wildman–Crippen MR) is 171 cm³/mol. The normalized spacial score (nSPS) is 14.9. The third-order valence-electron chi connectivity index (χ3n) is 7.63. The quantitative estimate of drug-likeness (QED) is 0.241. The van der Waals surface area contributed by atoms with Gasteiger partial charge in [-0.05, 0) is 75.8 Å². The van der Waals surface area contributed by atoms with Crippen LogP contribution in [0.2, 0.25) is 5.02 Å². The van der Waals surface area contributed by atoms with Crippen LogP contribution in [0.3, 0.4) is 0 Å². The van der Waals surface area contributed by atoms with E-state index in [0.29, 0.717) is 43.8 Å². The monoisotopic (exact) mass is 638 g/mol. The van der Waals surface area contributed by atoms with Crippen LogP contribution in [-0.2, 0) is 11.3 Å². The number of amides is 1. The number of halogens is 2. The number of hydrogen-bond donors (Lipinski definition) is 1. The molecule has 5 rings (SSSR count). The van der Waals surface area contributed by atoms with Crippen LogP contribution in [0, 0.1) is 18.2 Å². The second kappa shape index (κ2) is 12.7. The number of anilines is 1. The first-order chi connectivity index (χ1) is 20.8. The van der Waals surface area contributed by atoms with Crippen molar-refractivity contribution in [2.24, 2.45) is 5.41 Å². The summed E-state index contributed by atoms with van der Waals surface area (Å²) in [7, 11) is 0. The number of fused-ring (bicyclic) bond motifs is 1. The van der Waals surface area contributed by atoms with Crippen LogP contribution in [0.1, 0.15) is 51.9 Å². The molecule has 0 saturated carbocycles. The van der Waals surface area contributed by atoms with E-state index < -0.39 is 11.7 Å². The first-order valence-electron chi connectivity index (χ1n) is 14.5. The molecule has 12 heteroatoms. The highest BCUT2D eigenvalue weighted by Gasteiger charge is 2.32. The molecule has 1 N–H and O–H groups in total. The highest BCUT2D eigenvalue weighted by Crippen LogP contribution is 2.36. The van der Waals surface area contributed by atoms with E-state index in [9.17, 15) is 14.0 Å². The van der Waals surface area contributed by atoms with E-state index >= 15 is 0 Å². The predicted octanol–water partition coefficient (Wildman–Crippen LogP) is 6.62. The largest absolute Gasteiger partial charge is 0.444 e. The van der Waals surface area contributed by atoms with Gasteiger partial charge in [0.15, 0.2) is 0 Å². The van der Waals surface area contributed by atoms with E-state index in [1.165, 1.54) is 28.5 Å². The third-order valence-corrected chi connectivity index (χ3v) is 9.11. The molecular weight excluding hydrogens is 603 g/mol. The molecule has 0 aliphatic carbocycles. The van der Waals surface area contributed by atoms with Gasteiger partial charge in [0.1, 0.15) is 28.1 Å². The zero-order chi connectivity index (χ0) is 31.6. The lowest BCUT2D eigenvalue weighted by molar-refractivity contribution is 0.0495. The van der Waals surface area contributed by atoms with Gasteiger partial charge in [0.2, 0.25) is 0 Å². The molecule has 0 unspecified atom stereocenters. The number of aromatic nitrogens is 4. The molecule has 1 fully saturated rings. The topological polar surface area (TPSA) is 102 Å². The van der Waals surface area contributed by atoms with E-state index in [-0.39, 0.29) is 23.3 Å². The molecule has 2 aromatic heterocycles. The molecule has 3 heterocycles. The van der Waals surface area contributed by atoms with Gasteiger partial charge in [-0.3, -0.25) is 9.36 Å². The van der Waals surface area contributed by atoms with Crippen molar-refractivity contribution in [1.82, 2.24) is 24.8 Å². The fraction of sp³-hybridized carbons (Fsp3) is 0.406. The van der Waals surface area contributed by atoms with Crippen molar-refractivity contribution >= 4 is 46.2 Å². The maximum absolute atomic E-state index is 13.7. The summed E-state index contributed by atoms with van der Waals surface area (Å²) < 4.78 is 20.6. The number of nitrogens with one attached hydrogen (secondary N) is 1. The summed E-state index contributed by atoms with van der Waals surface area (Å²) in [6.45, 7) is 11.8. The second-order valence-corrected chi connectivity index (χ2v) is 13.9. The van der Waals surface area contributed by atoms with Crippen molar-refractivity contribution in [2.75, 3.05) is 24.5 Å². The number of carbonyl (C=O) groups excluding carboxylic acids is 1. The summed E-state index contributed by atoms with van der Waals surface area (Å²) in [5.74, 6) is 0.931. The van der Waals surface area contributed by atoms with Gasteiger partial charge >= 0.3 is 6.09 Å². The molecule has 232 valence electrons. The molecular formula is C32H36ClFN6O3S. The van der Waals surface area contributed by atoms with Crippen molar-refractivity contribution < 1.29 is 13.9 Å². The lowest BCUT2D eigenvalue weighted by Crippen LogP contribution is -2.45. The standard InChI is InChI=1S/C32H36ClFN6O3S/c1-20-38-23-9-10-24(28(33)27(23)29(41)40(20)18-21-7-6-8-22(34)15-21)44-26-17-35-25(16-36-26)39-13-11-32(5,12-14-39)19-37-30(42)43-31(2,3)4/h6-10,15-17H,11-14,18-19H2,1-5H3,(H,37,42). The van der Waals surface area contributed by atoms with E-state index in [2.05, 4.69) is 32.1 Å². The molecule has 1 amide bonds. The van der Waals surface area contributed by atoms with Crippen LogP contribution in [-0.4, -0.2) is 50.8 Å². The summed E-state index contributed by atoms with van der Waals surface area (Å²) in [4.78, 5) is 42.3. The Morgan fingerprint density at radius 2 is 1.91 bits per heavy atom. The van der Waals surface area contributed by atoms with Gasteiger partial charge in [-0.15, -0.1) is 0 Å². The Balaban J connectivity index is 1.25. The summed E-state index contributed by atoms with van der Waals surface area (Å²) in [5, 5.41) is 4.15. The fourth-order valence-corrected chi connectivity index (χ4v) is 6.25. The van der Waals surface area contributed by atoms with Crippen LogP contribution in [0.25, 0.3) is 10.9 Å². The Morgan fingerprint density at radius 1 is 1.16 bits per heavy atom. The maximum Gasteiger partial charge on any atom is 0.407 e. The van der Waals surface area contributed by atoms with Crippen LogP contribution in [0.4, 0.5) is 15.0 Å². The highest BCUT2D eigenvalue weighted by molar-refractivity contribution is 7.99. The maximum atomic E-state index is 13.7. The summed E-state index contributed by atoms with van der Waals surface area (Å²) >= 11 is 8.10. The van der Waals surface area contributed by atoms with Gasteiger partial charge in [-0.2, -0.15) is 0 Å². The molecule has 1 aliphatic rings. The van der Waals surface area contributed by atoms with Crippen molar-refractivity contribution in [1.29, 1.82) is 0 Å². The Hall–Kier alpha value is -3.70. The molecule has 44 heavy (non-hydrogen) atoms. The zero-order valence-electron chi connectivity index (χ0n) is 25.5. The van der Waals surface area contributed by atoms with E-state index in [1.54, 1.807) is 37.5 Å². The molecule has 2 aromatic carbocycles. The Labute approximate surface area is 265 Å².